The van der Waals surface area contributed by atoms with Gasteiger partial charge in [0.15, 0.2) is 11.0 Å². The number of nitriles is 1. The topological polar surface area (TPSA) is 92.8 Å². The lowest BCUT2D eigenvalue weighted by Gasteiger charge is -2.10. The number of hydrogen-bond acceptors (Lipinski definition) is 7. The molecule has 1 N–H and O–H groups in total. The molecule has 0 bridgehead atoms. The Morgan fingerprint density at radius 3 is 2.94 bits per heavy atom. The molecular weight excluding hydrogens is 466 g/mol. The van der Waals surface area contributed by atoms with Crippen molar-refractivity contribution < 1.29 is 9.53 Å². The van der Waals surface area contributed by atoms with Gasteiger partial charge in [0.05, 0.1) is 16.3 Å². The van der Waals surface area contributed by atoms with Gasteiger partial charge in [-0.05, 0) is 50.3 Å². The number of hydrogen-bond donors (Lipinski definition) is 1. The molecule has 0 saturated heterocycles. The van der Waals surface area contributed by atoms with Crippen LogP contribution in [0.5, 0.6) is 5.75 Å². The van der Waals surface area contributed by atoms with Crippen LogP contribution in [0.4, 0.5) is 5.00 Å². The first-order chi connectivity index (χ1) is 15.6. The van der Waals surface area contributed by atoms with E-state index >= 15 is 0 Å². The fraction of sp³-hybridized carbons (Fsp3) is 0.364. The summed E-state index contributed by atoms with van der Waals surface area (Å²) in [5.41, 5.74) is 1.74. The highest BCUT2D eigenvalue weighted by Crippen LogP contribution is 2.37. The number of carbonyl (C=O) groups is 1. The van der Waals surface area contributed by atoms with Crippen molar-refractivity contribution in [2.75, 3.05) is 11.1 Å². The third-order valence-corrected chi connectivity index (χ3v) is 7.66. The Labute approximate surface area is 199 Å². The van der Waals surface area contributed by atoms with E-state index in [1.807, 2.05) is 23.6 Å². The van der Waals surface area contributed by atoms with Crippen molar-refractivity contribution in [1.29, 1.82) is 5.26 Å². The van der Waals surface area contributed by atoms with Gasteiger partial charge in [-0.15, -0.1) is 21.5 Å². The number of nitrogens with zero attached hydrogens (tertiary/aromatic N) is 4. The zero-order valence-electron chi connectivity index (χ0n) is 17.6. The van der Waals surface area contributed by atoms with Gasteiger partial charge in [-0.25, -0.2) is 0 Å². The van der Waals surface area contributed by atoms with Crippen LogP contribution in [-0.2, 0) is 30.8 Å². The molecule has 0 fully saturated rings. The number of ether oxygens (including phenoxy) is 1. The van der Waals surface area contributed by atoms with Gasteiger partial charge in [-0.3, -0.25) is 4.79 Å². The molecule has 10 heteroatoms. The molecule has 1 aliphatic carbocycles. The Kier molecular flexibility index (Phi) is 7.35. The average molecular weight is 488 g/mol. The molecule has 7 nitrogen and oxygen atoms in total. The highest BCUT2D eigenvalue weighted by Gasteiger charge is 2.22. The van der Waals surface area contributed by atoms with Crippen molar-refractivity contribution >= 4 is 45.6 Å². The van der Waals surface area contributed by atoms with Crippen LogP contribution in [0.15, 0.2) is 29.4 Å². The maximum Gasteiger partial charge on any atom is 0.235 e. The lowest BCUT2D eigenvalue weighted by molar-refractivity contribution is -0.113. The third-order valence-electron chi connectivity index (χ3n) is 5.17. The standard InChI is InChI=1S/C22H22ClN5O2S2/c1-2-28-19(12-30-17-9-5-4-8-16(17)23)26-27-22(28)31-13-20(29)25-21-15(11-24)14-7-3-6-10-18(14)32-21/h4-5,8-9H,2-3,6-7,10,12-13H2,1H3,(H,25,29). The number of amides is 1. The molecule has 0 spiro atoms. The second-order valence-corrected chi connectivity index (χ2v) is 9.68. The number of fused-ring (bicyclic) bond motifs is 1. The van der Waals surface area contributed by atoms with E-state index in [2.05, 4.69) is 21.6 Å². The highest BCUT2D eigenvalue weighted by atomic mass is 35.5. The molecule has 0 aliphatic heterocycles. The maximum atomic E-state index is 12.6. The summed E-state index contributed by atoms with van der Waals surface area (Å²) in [7, 11) is 0. The summed E-state index contributed by atoms with van der Waals surface area (Å²) in [4.78, 5) is 13.8. The van der Waals surface area contributed by atoms with E-state index in [4.69, 9.17) is 16.3 Å². The number of carbonyl (C=O) groups excluding carboxylic acids is 1. The summed E-state index contributed by atoms with van der Waals surface area (Å²) in [5, 5.41) is 22.8. The van der Waals surface area contributed by atoms with Crippen LogP contribution < -0.4 is 10.1 Å². The number of aryl methyl sites for hydroxylation is 1. The van der Waals surface area contributed by atoms with Crippen molar-refractivity contribution in [3.8, 4) is 11.8 Å². The normalized spacial score (nSPS) is 12.8. The summed E-state index contributed by atoms with van der Waals surface area (Å²) in [6, 6.07) is 9.54. The van der Waals surface area contributed by atoms with Gasteiger partial charge in [0.25, 0.3) is 0 Å². The average Bonchev–Trinajstić information content (AvgIpc) is 3.36. The summed E-state index contributed by atoms with van der Waals surface area (Å²) in [5.74, 6) is 1.26. The molecule has 32 heavy (non-hydrogen) atoms. The van der Waals surface area contributed by atoms with Crippen LogP contribution in [0.25, 0.3) is 0 Å². The van der Waals surface area contributed by atoms with E-state index in [9.17, 15) is 10.1 Å². The molecule has 1 amide bonds. The molecule has 166 valence electrons. The summed E-state index contributed by atoms with van der Waals surface area (Å²) < 4.78 is 7.69. The van der Waals surface area contributed by atoms with Gasteiger partial charge in [0.1, 0.15) is 23.4 Å². The van der Waals surface area contributed by atoms with Crippen LogP contribution >= 0.6 is 34.7 Å². The molecule has 2 aromatic heterocycles. The van der Waals surface area contributed by atoms with E-state index in [1.54, 1.807) is 12.1 Å². The Bertz CT molecular complexity index is 1170. The summed E-state index contributed by atoms with van der Waals surface area (Å²) in [6.07, 6.45) is 4.13. The number of anilines is 1. The van der Waals surface area contributed by atoms with Crippen LogP contribution in [0.3, 0.4) is 0 Å². The smallest absolute Gasteiger partial charge is 0.235 e. The van der Waals surface area contributed by atoms with Gasteiger partial charge in [0, 0.05) is 11.4 Å². The van der Waals surface area contributed by atoms with E-state index < -0.39 is 0 Å². The number of para-hydroxylation sites is 1. The minimum absolute atomic E-state index is 0.162. The molecule has 0 atom stereocenters. The molecule has 1 aliphatic rings. The monoisotopic (exact) mass is 487 g/mol. The molecule has 0 unspecified atom stereocenters. The molecular formula is C22H22ClN5O2S2. The SMILES string of the molecule is CCn1c(COc2ccccc2Cl)nnc1SCC(=O)Nc1sc2c(c1C#N)CCCC2. The molecule has 0 radical (unpaired) electrons. The number of benzene rings is 1. The Balaban J connectivity index is 1.38. The second kappa shape index (κ2) is 10.4. The van der Waals surface area contributed by atoms with Gasteiger partial charge >= 0.3 is 0 Å². The van der Waals surface area contributed by atoms with Gasteiger partial charge in [-0.2, -0.15) is 5.26 Å². The number of rotatable bonds is 8. The summed E-state index contributed by atoms with van der Waals surface area (Å²) >= 11 is 8.98. The lowest BCUT2D eigenvalue weighted by atomic mass is 9.96. The molecule has 4 rings (SSSR count). The van der Waals surface area contributed by atoms with Gasteiger partial charge in [-0.1, -0.05) is 35.5 Å². The predicted octanol–water partition coefficient (Wildman–Crippen LogP) is 5.07. The Morgan fingerprint density at radius 2 is 2.16 bits per heavy atom. The molecule has 1 aromatic carbocycles. The number of halogens is 1. The lowest BCUT2D eigenvalue weighted by Crippen LogP contribution is -2.15. The van der Waals surface area contributed by atoms with Crippen LogP contribution in [0.2, 0.25) is 5.02 Å². The zero-order chi connectivity index (χ0) is 22.5. The van der Waals surface area contributed by atoms with Crippen LogP contribution in [0.1, 0.15) is 41.6 Å². The number of thioether (sulfide) groups is 1. The largest absolute Gasteiger partial charge is 0.484 e. The van der Waals surface area contributed by atoms with E-state index in [0.29, 0.717) is 38.9 Å². The minimum Gasteiger partial charge on any atom is -0.484 e. The fourth-order valence-electron chi connectivity index (χ4n) is 3.62. The van der Waals surface area contributed by atoms with E-state index in [0.717, 1.165) is 31.2 Å². The van der Waals surface area contributed by atoms with Crippen molar-refractivity contribution in [2.45, 2.75) is 50.9 Å². The highest BCUT2D eigenvalue weighted by molar-refractivity contribution is 7.99. The quantitative estimate of drug-likeness (QED) is 0.446. The van der Waals surface area contributed by atoms with Crippen molar-refractivity contribution in [1.82, 2.24) is 14.8 Å². The Hall–Kier alpha value is -2.54. The molecule has 2 heterocycles. The molecule has 0 saturated carbocycles. The van der Waals surface area contributed by atoms with E-state index in [1.165, 1.54) is 28.0 Å². The van der Waals surface area contributed by atoms with Gasteiger partial charge < -0.3 is 14.6 Å². The number of nitrogens with one attached hydrogen (secondary N) is 1. The second-order valence-electron chi connectivity index (χ2n) is 7.23. The fourth-order valence-corrected chi connectivity index (χ4v) is 5.89. The molecule has 3 aromatic rings. The summed E-state index contributed by atoms with van der Waals surface area (Å²) in [6.45, 7) is 2.86. The van der Waals surface area contributed by atoms with Crippen LogP contribution in [0, 0.1) is 11.3 Å². The van der Waals surface area contributed by atoms with Crippen molar-refractivity contribution in [3.05, 3.63) is 51.1 Å². The number of thiophene rings is 1. The predicted molar refractivity (Wildman–Crippen MR) is 127 cm³/mol. The Morgan fingerprint density at radius 1 is 1.34 bits per heavy atom. The van der Waals surface area contributed by atoms with E-state index in [-0.39, 0.29) is 18.3 Å². The number of aromatic nitrogens is 3. The first-order valence-corrected chi connectivity index (χ1v) is 12.5. The minimum atomic E-state index is -0.162. The first-order valence-electron chi connectivity index (χ1n) is 10.4. The van der Waals surface area contributed by atoms with Crippen LogP contribution in [-0.4, -0.2) is 26.4 Å². The maximum absolute atomic E-state index is 12.6. The zero-order valence-corrected chi connectivity index (χ0v) is 19.9. The van der Waals surface area contributed by atoms with Gasteiger partial charge in [0.2, 0.25) is 5.91 Å². The first kappa shape index (κ1) is 22.6. The van der Waals surface area contributed by atoms with Crippen molar-refractivity contribution in [2.24, 2.45) is 0 Å². The van der Waals surface area contributed by atoms with Crippen molar-refractivity contribution in [3.63, 3.8) is 0 Å². The third kappa shape index (κ3) is 4.93.